The molecule has 0 heterocycles. The van der Waals surface area contributed by atoms with E-state index < -0.39 is 0 Å². The van der Waals surface area contributed by atoms with Crippen LogP contribution in [0.1, 0.15) is 17.3 Å². The lowest BCUT2D eigenvalue weighted by atomic mass is 10.1. The molecule has 0 fully saturated rings. The van der Waals surface area contributed by atoms with E-state index in [1.165, 1.54) is 12.0 Å². The zero-order valence-corrected chi connectivity index (χ0v) is 13.3. The molecule has 0 saturated heterocycles. The minimum Gasteiger partial charge on any atom is -0.469 e. The Bertz CT molecular complexity index is 493. The number of ether oxygens (including phenoxy) is 1. The first kappa shape index (κ1) is 16.0. The van der Waals surface area contributed by atoms with E-state index in [-0.39, 0.29) is 17.8 Å². The molecular formula is C13H15BrClNO3. The van der Waals surface area contributed by atoms with Gasteiger partial charge in [-0.05, 0) is 34.1 Å². The number of hydrogen-bond acceptors (Lipinski definition) is 3. The molecular weight excluding hydrogens is 334 g/mol. The van der Waals surface area contributed by atoms with Crippen LogP contribution in [0.4, 0.5) is 0 Å². The maximum Gasteiger partial charge on any atom is 0.310 e. The summed E-state index contributed by atoms with van der Waals surface area (Å²) >= 11 is 9.13. The summed E-state index contributed by atoms with van der Waals surface area (Å²) in [6, 6.07) is 4.96. The van der Waals surface area contributed by atoms with E-state index in [1.807, 2.05) is 0 Å². The highest BCUT2D eigenvalue weighted by atomic mass is 79.9. The number of amides is 1. The van der Waals surface area contributed by atoms with Gasteiger partial charge in [0.1, 0.15) is 0 Å². The fourth-order valence-corrected chi connectivity index (χ4v) is 2.49. The minimum atomic E-state index is -0.370. The van der Waals surface area contributed by atoms with Crippen LogP contribution in [-0.2, 0) is 9.53 Å². The molecule has 0 saturated carbocycles. The maximum absolute atomic E-state index is 12.2. The van der Waals surface area contributed by atoms with Crippen LogP contribution in [0.25, 0.3) is 0 Å². The second-order valence-corrected chi connectivity index (χ2v) is 5.52. The van der Waals surface area contributed by atoms with Crippen molar-refractivity contribution < 1.29 is 14.3 Å². The molecule has 6 heteroatoms. The lowest BCUT2D eigenvalue weighted by Crippen LogP contribution is -2.34. The summed E-state index contributed by atoms with van der Waals surface area (Å²) in [5.41, 5.74) is 0.504. The van der Waals surface area contributed by atoms with Crippen LogP contribution in [0.15, 0.2) is 22.7 Å². The molecule has 1 atom stereocenters. The van der Waals surface area contributed by atoms with Gasteiger partial charge in [0.2, 0.25) is 0 Å². The van der Waals surface area contributed by atoms with Gasteiger partial charge in [-0.2, -0.15) is 0 Å². The quantitative estimate of drug-likeness (QED) is 0.786. The molecule has 1 aromatic rings. The highest BCUT2D eigenvalue weighted by Gasteiger charge is 2.20. The molecule has 0 N–H and O–H groups in total. The van der Waals surface area contributed by atoms with E-state index in [4.69, 9.17) is 11.6 Å². The van der Waals surface area contributed by atoms with Gasteiger partial charge in [-0.1, -0.05) is 18.5 Å². The summed E-state index contributed by atoms with van der Waals surface area (Å²) in [6.45, 7) is 2.01. The van der Waals surface area contributed by atoms with E-state index in [2.05, 4.69) is 20.7 Å². The number of carbonyl (C=O) groups excluding carboxylic acids is 2. The lowest BCUT2D eigenvalue weighted by Gasteiger charge is -2.21. The maximum atomic E-state index is 12.2. The molecule has 0 spiro atoms. The number of halogens is 2. The van der Waals surface area contributed by atoms with Gasteiger partial charge < -0.3 is 9.64 Å². The van der Waals surface area contributed by atoms with Crippen LogP contribution in [0.2, 0.25) is 5.02 Å². The Kier molecular flexibility index (Phi) is 5.82. The molecule has 1 amide bonds. The Labute approximate surface area is 125 Å². The number of carbonyl (C=O) groups is 2. The Balaban J connectivity index is 2.79. The minimum absolute atomic E-state index is 0.181. The fourth-order valence-electron chi connectivity index (χ4n) is 1.64. The van der Waals surface area contributed by atoms with Crippen LogP contribution in [0, 0.1) is 5.92 Å². The standard InChI is InChI=1S/C13H15BrClNO3/c1-8(13(18)19-3)7-16(2)12(17)10-5-4-9(15)6-11(10)14/h4-6,8H,7H2,1-3H3. The average Bonchev–Trinajstić information content (AvgIpc) is 2.36. The van der Waals surface area contributed by atoms with E-state index in [0.717, 1.165) is 0 Å². The largest absolute Gasteiger partial charge is 0.469 e. The van der Waals surface area contributed by atoms with Gasteiger partial charge in [-0.3, -0.25) is 9.59 Å². The summed E-state index contributed by atoms with van der Waals surface area (Å²) in [7, 11) is 2.97. The van der Waals surface area contributed by atoms with Crippen molar-refractivity contribution in [1.82, 2.24) is 4.90 Å². The predicted molar refractivity (Wildman–Crippen MR) is 77.3 cm³/mol. The van der Waals surface area contributed by atoms with Gasteiger partial charge in [0, 0.05) is 23.1 Å². The summed E-state index contributed by atoms with van der Waals surface area (Å²) in [5, 5.41) is 0.550. The fraction of sp³-hybridized carbons (Fsp3) is 0.385. The van der Waals surface area contributed by atoms with Crippen molar-refractivity contribution in [2.45, 2.75) is 6.92 Å². The first-order valence-corrected chi connectivity index (χ1v) is 6.82. The third-order valence-electron chi connectivity index (χ3n) is 2.66. The summed E-state index contributed by atoms with van der Waals surface area (Å²) in [4.78, 5) is 25.0. The summed E-state index contributed by atoms with van der Waals surface area (Å²) in [5.74, 6) is -0.890. The zero-order chi connectivity index (χ0) is 14.6. The molecule has 104 valence electrons. The molecule has 1 aromatic carbocycles. The van der Waals surface area contributed by atoms with Gasteiger partial charge in [-0.25, -0.2) is 0 Å². The van der Waals surface area contributed by atoms with Crippen LogP contribution < -0.4 is 0 Å². The van der Waals surface area contributed by atoms with Gasteiger partial charge in [-0.15, -0.1) is 0 Å². The van der Waals surface area contributed by atoms with Gasteiger partial charge in [0.05, 0.1) is 18.6 Å². The molecule has 0 aliphatic heterocycles. The van der Waals surface area contributed by atoms with Crippen molar-refractivity contribution in [2.75, 3.05) is 20.7 Å². The molecule has 4 nitrogen and oxygen atoms in total. The van der Waals surface area contributed by atoms with Crippen molar-refractivity contribution in [1.29, 1.82) is 0 Å². The van der Waals surface area contributed by atoms with Crippen molar-refractivity contribution in [3.8, 4) is 0 Å². The summed E-state index contributed by atoms with van der Waals surface area (Å²) in [6.07, 6.45) is 0. The highest BCUT2D eigenvalue weighted by Crippen LogP contribution is 2.22. The molecule has 0 aliphatic rings. The van der Waals surface area contributed by atoms with E-state index in [9.17, 15) is 9.59 Å². The highest BCUT2D eigenvalue weighted by molar-refractivity contribution is 9.10. The predicted octanol–water partition coefficient (Wildman–Crippen LogP) is 2.98. The smallest absolute Gasteiger partial charge is 0.310 e. The third-order valence-corrected chi connectivity index (χ3v) is 3.55. The van der Waals surface area contributed by atoms with E-state index in [1.54, 1.807) is 32.2 Å². The molecule has 1 rings (SSSR count). The molecule has 0 aliphatic carbocycles. The Hall–Kier alpha value is -1.07. The molecule has 0 radical (unpaired) electrons. The summed E-state index contributed by atoms with van der Waals surface area (Å²) < 4.78 is 5.26. The molecule has 19 heavy (non-hydrogen) atoms. The number of hydrogen-bond donors (Lipinski definition) is 0. The second kappa shape index (κ2) is 6.91. The number of rotatable bonds is 4. The average molecular weight is 349 g/mol. The van der Waals surface area contributed by atoms with Gasteiger partial charge >= 0.3 is 5.97 Å². The van der Waals surface area contributed by atoms with Gasteiger partial charge in [0.25, 0.3) is 5.91 Å². The first-order valence-electron chi connectivity index (χ1n) is 5.65. The molecule has 0 aromatic heterocycles. The Morgan fingerprint density at radius 2 is 2.11 bits per heavy atom. The van der Waals surface area contributed by atoms with Gasteiger partial charge in [0.15, 0.2) is 0 Å². The first-order chi connectivity index (χ1) is 8.86. The second-order valence-electron chi connectivity index (χ2n) is 4.23. The number of nitrogens with zero attached hydrogens (tertiary/aromatic N) is 1. The normalized spacial score (nSPS) is 11.8. The molecule has 1 unspecified atom stereocenters. The van der Waals surface area contributed by atoms with Crippen LogP contribution in [-0.4, -0.2) is 37.5 Å². The SMILES string of the molecule is COC(=O)C(C)CN(C)C(=O)c1ccc(Cl)cc1Br. The van der Waals surface area contributed by atoms with Crippen molar-refractivity contribution in [2.24, 2.45) is 5.92 Å². The van der Waals surface area contributed by atoms with Crippen LogP contribution >= 0.6 is 27.5 Å². The van der Waals surface area contributed by atoms with Crippen molar-refractivity contribution >= 4 is 39.4 Å². The van der Waals surface area contributed by atoms with Crippen LogP contribution in [0.3, 0.4) is 0 Å². The van der Waals surface area contributed by atoms with E-state index >= 15 is 0 Å². The zero-order valence-electron chi connectivity index (χ0n) is 10.9. The topological polar surface area (TPSA) is 46.6 Å². The van der Waals surface area contributed by atoms with Crippen molar-refractivity contribution in [3.05, 3.63) is 33.3 Å². The Morgan fingerprint density at radius 3 is 2.63 bits per heavy atom. The van der Waals surface area contributed by atoms with E-state index in [0.29, 0.717) is 21.6 Å². The molecule has 0 bridgehead atoms. The third kappa shape index (κ3) is 4.21. The Morgan fingerprint density at radius 1 is 1.47 bits per heavy atom. The number of methoxy groups -OCH3 is 1. The lowest BCUT2D eigenvalue weighted by molar-refractivity contribution is -0.145. The monoisotopic (exact) mass is 347 g/mol. The number of esters is 1. The van der Waals surface area contributed by atoms with Crippen molar-refractivity contribution in [3.63, 3.8) is 0 Å². The number of benzene rings is 1. The van der Waals surface area contributed by atoms with Crippen LogP contribution in [0.5, 0.6) is 0 Å².